The van der Waals surface area contributed by atoms with Gasteiger partial charge in [-0.3, -0.25) is 0 Å². The Morgan fingerprint density at radius 3 is 1.86 bits per heavy atom. The number of phenolic OH excluding ortho intramolecular Hbond substituents is 1. The molecule has 28 heavy (non-hydrogen) atoms. The number of rotatable bonds is 6. The SMILES string of the molecule is COc1ccc([C@@H]2O[C@H](c3cc(OC)c(OC)cc3O)[C@@H](C)[C@@H]2C)cc1OC. The van der Waals surface area contributed by atoms with Gasteiger partial charge in [-0.05, 0) is 35.6 Å². The zero-order valence-electron chi connectivity index (χ0n) is 17.2. The standard InChI is InChI=1S/C22H28O6/c1-12-13(2)22(15-10-19(26-5)20(27-6)11-16(15)23)28-21(12)14-7-8-17(24-3)18(9-14)25-4/h7-13,21-23H,1-6H3/t12-,13-,21+,22-/m0/s1. The van der Waals surface area contributed by atoms with Gasteiger partial charge in [-0.15, -0.1) is 0 Å². The summed E-state index contributed by atoms with van der Waals surface area (Å²) in [5.74, 6) is 2.94. The predicted octanol–water partition coefficient (Wildman–Crippen LogP) is 4.51. The van der Waals surface area contributed by atoms with E-state index in [2.05, 4.69) is 13.8 Å². The molecule has 3 rings (SSSR count). The molecule has 1 saturated heterocycles. The molecular weight excluding hydrogens is 360 g/mol. The molecule has 1 aliphatic heterocycles. The van der Waals surface area contributed by atoms with E-state index >= 15 is 0 Å². The van der Waals surface area contributed by atoms with Gasteiger partial charge in [0.25, 0.3) is 0 Å². The molecule has 6 heteroatoms. The number of ether oxygens (including phenoxy) is 5. The van der Waals surface area contributed by atoms with Crippen LogP contribution in [-0.4, -0.2) is 33.5 Å². The van der Waals surface area contributed by atoms with Gasteiger partial charge >= 0.3 is 0 Å². The molecule has 0 spiro atoms. The van der Waals surface area contributed by atoms with Crippen LogP contribution in [0.1, 0.15) is 37.2 Å². The minimum Gasteiger partial charge on any atom is -0.507 e. The van der Waals surface area contributed by atoms with Crippen LogP contribution in [0.25, 0.3) is 0 Å². The largest absolute Gasteiger partial charge is 0.507 e. The van der Waals surface area contributed by atoms with Crippen LogP contribution < -0.4 is 18.9 Å². The number of hydrogen-bond donors (Lipinski definition) is 1. The number of phenols is 1. The van der Waals surface area contributed by atoms with Crippen molar-refractivity contribution in [2.75, 3.05) is 28.4 Å². The Morgan fingerprint density at radius 2 is 1.25 bits per heavy atom. The molecule has 2 aromatic rings. The Bertz CT molecular complexity index is 834. The topological polar surface area (TPSA) is 66.4 Å². The molecule has 0 aliphatic carbocycles. The van der Waals surface area contributed by atoms with E-state index in [0.29, 0.717) is 28.6 Å². The molecule has 0 radical (unpaired) electrons. The smallest absolute Gasteiger partial charge is 0.164 e. The summed E-state index contributed by atoms with van der Waals surface area (Å²) < 4.78 is 27.9. The third-order valence-corrected chi connectivity index (χ3v) is 5.65. The first-order chi connectivity index (χ1) is 13.4. The molecule has 2 aromatic carbocycles. The van der Waals surface area contributed by atoms with Crippen LogP contribution in [0.15, 0.2) is 30.3 Å². The highest BCUT2D eigenvalue weighted by Gasteiger charge is 2.42. The van der Waals surface area contributed by atoms with Crippen molar-refractivity contribution in [3.05, 3.63) is 41.5 Å². The predicted molar refractivity (Wildman–Crippen MR) is 106 cm³/mol. The molecule has 1 fully saturated rings. The van der Waals surface area contributed by atoms with E-state index < -0.39 is 0 Å². The molecule has 0 aromatic heterocycles. The first-order valence-corrected chi connectivity index (χ1v) is 9.27. The van der Waals surface area contributed by atoms with Crippen molar-refractivity contribution >= 4 is 0 Å². The van der Waals surface area contributed by atoms with E-state index in [1.54, 1.807) is 40.6 Å². The Morgan fingerprint density at radius 1 is 0.714 bits per heavy atom. The fourth-order valence-electron chi connectivity index (χ4n) is 3.84. The molecule has 0 amide bonds. The van der Waals surface area contributed by atoms with E-state index in [4.69, 9.17) is 23.7 Å². The van der Waals surface area contributed by atoms with Crippen LogP contribution in [-0.2, 0) is 4.74 Å². The fourth-order valence-corrected chi connectivity index (χ4v) is 3.84. The lowest BCUT2D eigenvalue weighted by Crippen LogP contribution is -2.10. The molecule has 0 saturated carbocycles. The number of aromatic hydroxyl groups is 1. The number of methoxy groups -OCH3 is 4. The van der Waals surface area contributed by atoms with Gasteiger partial charge in [0, 0.05) is 11.6 Å². The quantitative estimate of drug-likeness (QED) is 0.785. The maximum Gasteiger partial charge on any atom is 0.164 e. The van der Waals surface area contributed by atoms with Crippen LogP contribution in [0.3, 0.4) is 0 Å². The average Bonchev–Trinajstić information content (AvgIpc) is 3.01. The maximum atomic E-state index is 10.6. The van der Waals surface area contributed by atoms with E-state index in [9.17, 15) is 5.11 Å². The Balaban J connectivity index is 1.95. The highest BCUT2D eigenvalue weighted by Crippen LogP contribution is 2.52. The van der Waals surface area contributed by atoms with Crippen LogP contribution in [0.5, 0.6) is 28.7 Å². The minimum atomic E-state index is -0.270. The highest BCUT2D eigenvalue weighted by molar-refractivity contribution is 5.51. The van der Waals surface area contributed by atoms with Crippen molar-refractivity contribution in [3.63, 3.8) is 0 Å². The molecule has 1 N–H and O–H groups in total. The van der Waals surface area contributed by atoms with Gasteiger partial charge in [0.15, 0.2) is 23.0 Å². The molecule has 0 unspecified atom stereocenters. The van der Waals surface area contributed by atoms with Crippen LogP contribution in [0.2, 0.25) is 0 Å². The number of benzene rings is 2. The summed E-state index contributed by atoms with van der Waals surface area (Å²) in [6, 6.07) is 9.18. The molecule has 1 aliphatic rings. The Kier molecular flexibility index (Phi) is 5.89. The van der Waals surface area contributed by atoms with Crippen molar-refractivity contribution in [3.8, 4) is 28.7 Å². The first-order valence-electron chi connectivity index (χ1n) is 9.27. The van der Waals surface area contributed by atoms with Crippen molar-refractivity contribution < 1.29 is 28.8 Å². The molecule has 152 valence electrons. The lowest BCUT2D eigenvalue weighted by Gasteiger charge is -2.20. The minimum absolute atomic E-state index is 0.132. The summed E-state index contributed by atoms with van der Waals surface area (Å²) in [6.45, 7) is 4.29. The zero-order valence-corrected chi connectivity index (χ0v) is 17.2. The monoisotopic (exact) mass is 388 g/mol. The first kappa shape index (κ1) is 20.1. The summed E-state index contributed by atoms with van der Waals surface area (Å²) in [5.41, 5.74) is 1.71. The molecular formula is C22H28O6. The third kappa shape index (κ3) is 3.44. The molecule has 6 nitrogen and oxygen atoms in total. The summed E-state index contributed by atoms with van der Waals surface area (Å²) in [4.78, 5) is 0. The van der Waals surface area contributed by atoms with Crippen molar-refractivity contribution in [1.82, 2.24) is 0 Å². The van der Waals surface area contributed by atoms with Crippen molar-refractivity contribution in [1.29, 1.82) is 0 Å². The lowest BCUT2D eigenvalue weighted by molar-refractivity contribution is 0.0275. The number of hydrogen-bond acceptors (Lipinski definition) is 6. The zero-order chi connectivity index (χ0) is 20.4. The summed E-state index contributed by atoms with van der Waals surface area (Å²) in [5, 5.41) is 10.6. The summed E-state index contributed by atoms with van der Waals surface area (Å²) in [7, 11) is 6.35. The van der Waals surface area contributed by atoms with Gasteiger partial charge in [0.1, 0.15) is 5.75 Å². The van der Waals surface area contributed by atoms with Crippen molar-refractivity contribution in [2.24, 2.45) is 11.8 Å². The van der Waals surface area contributed by atoms with Crippen LogP contribution >= 0.6 is 0 Å². The highest BCUT2D eigenvalue weighted by atomic mass is 16.5. The van der Waals surface area contributed by atoms with E-state index in [-0.39, 0.29) is 29.8 Å². The Hall–Kier alpha value is -2.60. The summed E-state index contributed by atoms with van der Waals surface area (Å²) in [6.07, 6.45) is -0.403. The van der Waals surface area contributed by atoms with Gasteiger partial charge in [-0.25, -0.2) is 0 Å². The third-order valence-electron chi connectivity index (χ3n) is 5.65. The van der Waals surface area contributed by atoms with Gasteiger partial charge in [-0.1, -0.05) is 19.9 Å². The molecule has 1 heterocycles. The van der Waals surface area contributed by atoms with Gasteiger partial charge in [0.2, 0.25) is 0 Å². The average molecular weight is 388 g/mol. The second-order valence-electron chi connectivity index (χ2n) is 7.08. The van der Waals surface area contributed by atoms with Crippen LogP contribution in [0.4, 0.5) is 0 Å². The van der Waals surface area contributed by atoms with E-state index in [1.165, 1.54) is 0 Å². The summed E-state index contributed by atoms with van der Waals surface area (Å²) >= 11 is 0. The van der Waals surface area contributed by atoms with Gasteiger partial charge < -0.3 is 28.8 Å². The van der Waals surface area contributed by atoms with E-state index in [0.717, 1.165) is 5.56 Å². The normalized spacial score (nSPS) is 24.1. The van der Waals surface area contributed by atoms with Crippen molar-refractivity contribution in [2.45, 2.75) is 26.1 Å². The molecule has 0 bridgehead atoms. The van der Waals surface area contributed by atoms with Crippen LogP contribution in [0, 0.1) is 11.8 Å². The maximum absolute atomic E-state index is 10.6. The van der Waals surface area contributed by atoms with Gasteiger partial charge in [-0.2, -0.15) is 0 Å². The Labute approximate surface area is 165 Å². The second-order valence-corrected chi connectivity index (χ2v) is 7.08. The van der Waals surface area contributed by atoms with Gasteiger partial charge in [0.05, 0.1) is 40.6 Å². The molecule has 4 atom stereocenters. The fraction of sp³-hybridized carbons (Fsp3) is 0.455. The lowest BCUT2D eigenvalue weighted by atomic mass is 9.85. The second kappa shape index (κ2) is 8.19. The van der Waals surface area contributed by atoms with E-state index in [1.807, 2.05) is 18.2 Å².